The second-order valence-electron chi connectivity index (χ2n) is 13.4. The first kappa shape index (κ1) is 41.1. The van der Waals surface area contributed by atoms with Crippen molar-refractivity contribution in [1.82, 2.24) is 29.5 Å². The van der Waals surface area contributed by atoms with Crippen LogP contribution in [0, 0.1) is 0 Å². The van der Waals surface area contributed by atoms with E-state index in [9.17, 15) is 9.90 Å². The minimum Gasteiger partial charge on any atom is -0.497 e. The number of nitrogen functional groups attached to an aromatic ring is 1. The third-order valence-corrected chi connectivity index (χ3v) is 11.6. The number of rotatable bonds is 14. The maximum Gasteiger partial charge on any atom is 0.417 e. The number of hydrogen-bond acceptors (Lipinski definition) is 11. The Bertz CT molecular complexity index is 2750. The van der Waals surface area contributed by atoms with Gasteiger partial charge in [-0.2, -0.15) is 17.5 Å². The van der Waals surface area contributed by atoms with Crippen LogP contribution in [0.4, 0.5) is 18.9 Å². The predicted octanol–water partition coefficient (Wildman–Crippen LogP) is 7.32. The lowest BCUT2D eigenvalue weighted by Crippen LogP contribution is -2.32. The van der Waals surface area contributed by atoms with Gasteiger partial charge in [0.1, 0.15) is 27.8 Å². The van der Waals surface area contributed by atoms with E-state index >= 15 is 21.6 Å². The average molecular weight is 840 g/mol. The monoisotopic (exact) mass is 839 g/mol. The van der Waals surface area contributed by atoms with E-state index in [1.54, 1.807) is 84.9 Å². The molecule has 18 heteroatoms. The third-order valence-electron chi connectivity index (χ3n) is 9.72. The van der Waals surface area contributed by atoms with Crippen molar-refractivity contribution in [3.8, 4) is 39.8 Å². The van der Waals surface area contributed by atoms with Gasteiger partial charge < -0.3 is 25.1 Å². The van der Waals surface area contributed by atoms with E-state index < -0.39 is 43.9 Å². The summed E-state index contributed by atoms with van der Waals surface area (Å²) in [5.41, 5.74) is 5.18. The first-order valence-corrected chi connectivity index (χ1v) is 19.5. The molecule has 0 fully saturated rings. The maximum atomic E-state index is 15.5. The summed E-state index contributed by atoms with van der Waals surface area (Å²) < 4.78 is 95.6. The van der Waals surface area contributed by atoms with E-state index in [0.29, 0.717) is 40.0 Å². The molecular formula is C42H36F3N7O7S. The van der Waals surface area contributed by atoms with E-state index in [1.165, 1.54) is 32.1 Å². The smallest absolute Gasteiger partial charge is 0.417 e. The standard InChI is InChI=1S/C42H36F3N7O7S/c1-57-28-13-7-25(8-14-28)22-51(23-26-9-15-29(58-2)16-10-26)60(55,56)39-34(42(43,44)45)20-19-31(33-21-36(41(53)54)47-38-32(33)5-4-6-35(38)46)37(39)40-48-49-50-52(40)24-27-11-17-30(59-3)18-12-27/h4-21H,22-24,46H2,1-3H3,(H,53,54). The van der Waals surface area contributed by atoms with Crippen LogP contribution < -0.4 is 19.9 Å². The highest BCUT2D eigenvalue weighted by Gasteiger charge is 2.43. The molecule has 2 aromatic heterocycles. The highest BCUT2D eigenvalue weighted by molar-refractivity contribution is 7.89. The van der Waals surface area contributed by atoms with E-state index in [1.807, 2.05) is 0 Å². The molecule has 5 aromatic carbocycles. The summed E-state index contributed by atoms with van der Waals surface area (Å²) in [7, 11) is -0.831. The number of tetrazole rings is 1. The van der Waals surface area contributed by atoms with E-state index in [4.69, 9.17) is 19.9 Å². The topological polar surface area (TPSA) is 185 Å². The fourth-order valence-corrected chi connectivity index (χ4v) is 8.56. The molecule has 3 N–H and O–H groups in total. The summed E-state index contributed by atoms with van der Waals surface area (Å²) in [4.78, 5) is 15.5. The van der Waals surface area contributed by atoms with E-state index in [0.717, 1.165) is 16.4 Å². The summed E-state index contributed by atoms with van der Waals surface area (Å²) in [6.45, 7) is -0.880. The van der Waals surface area contributed by atoms with Gasteiger partial charge in [0.2, 0.25) is 10.0 Å². The van der Waals surface area contributed by atoms with Gasteiger partial charge >= 0.3 is 12.1 Å². The van der Waals surface area contributed by atoms with Crippen molar-refractivity contribution in [2.24, 2.45) is 0 Å². The van der Waals surface area contributed by atoms with Crippen molar-refractivity contribution < 1.29 is 45.7 Å². The van der Waals surface area contributed by atoms with Gasteiger partial charge in [-0.3, -0.25) is 0 Å². The zero-order valence-electron chi connectivity index (χ0n) is 32.2. The number of nitrogens with zero attached hydrogens (tertiary/aromatic N) is 6. The van der Waals surface area contributed by atoms with Crippen molar-refractivity contribution in [3.05, 3.63) is 137 Å². The number of ether oxygens (including phenoxy) is 3. The Labute approximate surface area is 341 Å². The van der Waals surface area contributed by atoms with Gasteiger partial charge in [-0.05, 0) is 92.8 Å². The Morgan fingerprint density at radius 2 is 1.33 bits per heavy atom. The second kappa shape index (κ2) is 16.7. The van der Waals surface area contributed by atoms with Crippen LogP contribution in [0.15, 0.2) is 114 Å². The molecule has 0 radical (unpaired) electrons. The van der Waals surface area contributed by atoms with Crippen LogP contribution in [-0.4, -0.2) is 70.3 Å². The van der Waals surface area contributed by atoms with Crippen LogP contribution in [-0.2, 0) is 35.8 Å². The summed E-state index contributed by atoms with van der Waals surface area (Å²) in [6.07, 6.45) is -5.24. The molecule has 0 spiro atoms. The molecule has 0 unspecified atom stereocenters. The number of carbonyl (C=O) groups is 1. The Kier molecular flexibility index (Phi) is 11.4. The van der Waals surface area contributed by atoms with Gasteiger partial charge in [0.25, 0.3) is 0 Å². The average Bonchev–Trinajstić information content (AvgIpc) is 3.70. The van der Waals surface area contributed by atoms with Crippen LogP contribution in [0.25, 0.3) is 33.4 Å². The number of nitrogens with two attached hydrogens (primary N) is 1. The van der Waals surface area contributed by atoms with Crippen molar-refractivity contribution in [3.63, 3.8) is 0 Å². The number of aromatic carboxylic acids is 1. The number of methoxy groups -OCH3 is 3. The molecule has 0 aliphatic carbocycles. The number of alkyl halides is 3. The summed E-state index contributed by atoms with van der Waals surface area (Å²) in [6, 6.07) is 27.0. The van der Waals surface area contributed by atoms with Crippen LogP contribution in [0.5, 0.6) is 17.2 Å². The number of hydrogen-bond donors (Lipinski definition) is 2. The van der Waals surface area contributed by atoms with Crippen molar-refractivity contribution >= 4 is 32.6 Å². The normalized spacial score (nSPS) is 11.8. The fraction of sp³-hybridized carbons (Fsp3) is 0.167. The van der Waals surface area contributed by atoms with E-state index in [-0.39, 0.29) is 53.2 Å². The van der Waals surface area contributed by atoms with Crippen LogP contribution in [0.1, 0.15) is 32.7 Å². The molecule has 0 aliphatic rings. The molecule has 0 atom stereocenters. The Morgan fingerprint density at radius 1 is 0.783 bits per heavy atom. The Balaban J connectivity index is 1.56. The third kappa shape index (κ3) is 8.27. The molecule has 7 rings (SSSR count). The largest absolute Gasteiger partial charge is 0.497 e. The van der Waals surface area contributed by atoms with Crippen molar-refractivity contribution in [2.45, 2.75) is 30.7 Å². The first-order valence-electron chi connectivity index (χ1n) is 18.0. The van der Waals surface area contributed by atoms with Gasteiger partial charge in [0, 0.05) is 24.0 Å². The number of carboxylic acid groups (broad SMARTS) is 1. The zero-order valence-corrected chi connectivity index (χ0v) is 33.0. The minimum atomic E-state index is -5.25. The maximum absolute atomic E-state index is 15.5. The minimum absolute atomic E-state index is 0.0146. The number of fused-ring (bicyclic) bond motifs is 1. The number of para-hydroxylation sites is 1. The van der Waals surface area contributed by atoms with Crippen LogP contribution >= 0.6 is 0 Å². The SMILES string of the molecule is COc1ccc(CN(Cc2ccc(OC)cc2)S(=O)(=O)c2c(C(F)(F)F)ccc(-c3cc(C(=O)O)nc4c(N)cccc34)c2-c2nnnn2Cc2ccc(OC)cc2)cc1. The molecular weight excluding hydrogens is 804 g/mol. The molecule has 0 saturated carbocycles. The highest BCUT2D eigenvalue weighted by atomic mass is 32.2. The number of anilines is 1. The Hall–Kier alpha value is -7.05. The molecule has 7 aromatic rings. The lowest BCUT2D eigenvalue weighted by Gasteiger charge is -2.27. The predicted molar refractivity (Wildman–Crippen MR) is 215 cm³/mol. The van der Waals surface area contributed by atoms with Crippen LogP contribution in [0.3, 0.4) is 0 Å². The van der Waals surface area contributed by atoms with Gasteiger partial charge in [-0.1, -0.05) is 54.6 Å². The lowest BCUT2D eigenvalue weighted by atomic mass is 9.93. The number of carboxylic acids is 1. The van der Waals surface area contributed by atoms with Crippen molar-refractivity contribution in [2.75, 3.05) is 27.1 Å². The molecule has 0 bridgehead atoms. The second-order valence-corrected chi connectivity index (χ2v) is 15.3. The first-order chi connectivity index (χ1) is 28.7. The number of sulfonamides is 1. The molecule has 14 nitrogen and oxygen atoms in total. The number of benzene rings is 5. The summed E-state index contributed by atoms with van der Waals surface area (Å²) in [5, 5.41) is 22.4. The molecule has 0 aliphatic heterocycles. The van der Waals surface area contributed by atoms with Gasteiger partial charge in [-0.25, -0.2) is 22.9 Å². The quantitative estimate of drug-likeness (QED) is 0.104. The molecule has 60 heavy (non-hydrogen) atoms. The number of pyridine rings is 1. The summed E-state index contributed by atoms with van der Waals surface area (Å²) in [5.74, 6) is -0.321. The lowest BCUT2D eigenvalue weighted by molar-refractivity contribution is -0.139. The van der Waals surface area contributed by atoms with Crippen LogP contribution in [0.2, 0.25) is 0 Å². The molecule has 0 amide bonds. The van der Waals surface area contributed by atoms with Gasteiger partial charge in [-0.15, -0.1) is 5.10 Å². The van der Waals surface area contributed by atoms with Crippen molar-refractivity contribution in [1.29, 1.82) is 0 Å². The van der Waals surface area contributed by atoms with Gasteiger partial charge in [0.05, 0.1) is 44.6 Å². The summed E-state index contributed by atoms with van der Waals surface area (Å²) >= 11 is 0. The fourth-order valence-electron chi connectivity index (χ4n) is 6.74. The molecule has 0 saturated heterocycles. The van der Waals surface area contributed by atoms with E-state index in [2.05, 4.69) is 20.5 Å². The molecule has 2 heterocycles. The number of aromatic nitrogens is 5. The zero-order chi connectivity index (χ0) is 42.8. The van der Waals surface area contributed by atoms with Gasteiger partial charge in [0.15, 0.2) is 5.82 Å². The highest BCUT2D eigenvalue weighted by Crippen LogP contribution is 2.47. The number of halogens is 3. The Morgan fingerprint density at radius 3 is 1.85 bits per heavy atom. The molecule has 308 valence electrons.